The van der Waals surface area contributed by atoms with Crippen LogP contribution in [0.25, 0.3) is 0 Å². The van der Waals surface area contributed by atoms with E-state index in [1.807, 2.05) is 24.8 Å². The molecule has 1 aromatic heterocycles. The highest BCUT2D eigenvalue weighted by atomic mass is 16.5. The molecule has 2 heterocycles. The fraction of sp³-hybridized carbons (Fsp3) is 0.600. The van der Waals surface area contributed by atoms with E-state index < -0.39 is 0 Å². The summed E-state index contributed by atoms with van der Waals surface area (Å²) in [5.41, 5.74) is 1.48. The summed E-state index contributed by atoms with van der Waals surface area (Å²) in [4.78, 5) is 18.6. The van der Waals surface area contributed by atoms with Crippen LogP contribution in [0.5, 0.6) is 0 Å². The molecule has 1 N–H and O–H groups in total. The molecular formula is C15H23N3O2. The third-order valence-corrected chi connectivity index (χ3v) is 3.54. The largest absolute Gasteiger partial charge is 0.385 e. The molecule has 1 atom stereocenters. The summed E-state index contributed by atoms with van der Waals surface area (Å²) in [6.45, 7) is 6.94. The van der Waals surface area contributed by atoms with E-state index in [1.165, 1.54) is 0 Å². The Kier molecular flexibility index (Phi) is 5.35. The Morgan fingerprint density at radius 1 is 1.55 bits per heavy atom. The summed E-state index contributed by atoms with van der Waals surface area (Å²) in [7, 11) is 0. The van der Waals surface area contributed by atoms with Gasteiger partial charge in [-0.05, 0) is 32.8 Å². The van der Waals surface area contributed by atoms with Crippen LogP contribution in [-0.4, -0.2) is 48.1 Å². The van der Waals surface area contributed by atoms with Gasteiger partial charge in [-0.1, -0.05) is 0 Å². The molecule has 0 aliphatic carbocycles. The van der Waals surface area contributed by atoms with E-state index in [0.29, 0.717) is 18.7 Å². The van der Waals surface area contributed by atoms with Gasteiger partial charge in [-0.25, -0.2) is 0 Å². The third kappa shape index (κ3) is 3.48. The number of anilines is 1. The topological polar surface area (TPSA) is 54.5 Å². The number of ether oxygens (including phenoxy) is 1. The second-order valence-corrected chi connectivity index (χ2v) is 4.93. The zero-order valence-corrected chi connectivity index (χ0v) is 12.3. The summed E-state index contributed by atoms with van der Waals surface area (Å²) in [6.07, 6.45) is 5.64. The Hall–Kier alpha value is -1.62. The number of carbonyl (C=O) groups excluding carboxylic acids is 1. The lowest BCUT2D eigenvalue weighted by Crippen LogP contribution is -2.37. The SMILES string of the molecule is CCNc1ccncc1C(=O)N(CC)CC1CCCO1. The summed E-state index contributed by atoms with van der Waals surface area (Å²) < 4.78 is 5.62. The lowest BCUT2D eigenvalue weighted by Gasteiger charge is -2.25. The van der Waals surface area contributed by atoms with Gasteiger partial charge in [-0.15, -0.1) is 0 Å². The van der Waals surface area contributed by atoms with Crippen molar-refractivity contribution in [1.29, 1.82) is 0 Å². The van der Waals surface area contributed by atoms with Crippen LogP contribution in [0.4, 0.5) is 5.69 Å². The Morgan fingerprint density at radius 3 is 3.05 bits per heavy atom. The molecule has 1 amide bonds. The van der Waals surface area contributed by atoms with E-state index in [4.69, 9.17) is 4.74 Å². The van der Waals surface area contributed by atoms with Crippen molar-refractivity contribution in [2.24, 2.45) is 0 Å². The molecule has 1 fully saturated rings. The number of carbonyl (C=O) groups is 1. The molecule has 1 unspecified atom stereocenters. The number of amides is 1. The molecule has 0 saturated carbocycles. The number of nitrogens with one attached hydrogen (secondary N) is 1. The summed E-state index contributed by atoms with van der Waals surface area (Å²) in [6, 6.07) is 1.84. The van der Waals surface area contributed by atoms with Crippen LogP contribution in [-0.2, 0) is 4.74 Å². The molecule has 1 aliphatic heterocycles. The minimum absolute atomic E-state index is 0.0204. The average molecular weight is 277 g/mol. The Bertz CT molecular complexity index is 444. The zero-order chi connectivity index (χ0) is 14.4. The molecule has 20 heavy (non-hydrogen) atoms. The maximum absolute atomic E-state index is 12.6. The van der Waals surface area contributed by atoms with Crippen molar-refractivity contribution in [3.8, 4) is 0 Å². The first-order chi connectivity index (χ1) is 9.76. The fourth-order valence-electron chi connectivity index (χ4n) is 2.47. The van der Waals surface area contributed by atoms with E-state index in [1.54, 1.807) is 12.4 Å². The Labute approximate surface area is 120 Å². The molecule has 0 bridgehead atoms. The van der Waals surface area contributed by atoms with Crippen molar-refractivity contribution in [2.75, 3.05) is 31.6 Å². The van der Waals surface area contributed by atoms with Gasteiger partial charge in [-0.3, -0.25) is 9.78 Å². The van der Waals surface area contributed by atoms with Gasteiger partial charge < -0.3 is 15.0 Å². The highest BCUT2D eigenvalue weighted by Crippen LogP contribution is 2.18. The van der Waals surface area contributed by atoms with Gasteiger partial charge >= 0.3 is 0 Å². The molecule has 5 nitrogen and oxygen atoms in total. The number of pyridine rings is 1. The molecule has 5 heteroatoms. The van der Waals surface area contributed by atoms with Crippen molar-refractivity contribution in [2.45, 2.75) is 32.8 Å². The number of likely N-dealkylation sites (N-methyl/N-ethyl adjacent to an activating group) is 1. The molecule has 0 radical (unpaired) electrons. The lowest BCUT2D eigenvalue weighted by molar-refractivity contribution is 0.0539. The van der Waals surface area contributed by atoms with Gasteiger partial charge in [0, 0.05) is 38.6 Å². The number of hydrogen-bond donors (Lipinski definition) is 1. The van der Waals surface area contributed by atoms with E-state index in [-0.39, 0.29) is 12.0 Å². The van der Waals surface area contributed by atoms with Gasteiger partial charge in [0.05, 0.1) is 17.4 Å². The standard InChI is InChI=1S/C15H23N3O2/c1-3-17-14-7-8-16-10-13(14)15(19)18(4-2)11-12-6-5-9-20-12/h7-8,10,12H,3-6,9,11H2,1-2H3,(H,16,17). The van der Waals surface area contributed by atoms with Crippen LogP contribution in [0.2, 0.25) is 0 Å². The fourth-order valence-corrected chi connectivity index (χ4v) is 2.47. The minimum atomic E-state index is 0.0204. The number of nitrogens with zero attached hydrogens (tertiary/aromatic N) is 2. The second kappa shape index (κ2) is 7.24. The van der Waals surface area contributed by atoms with Crippen LogP contribution in [0.1, 0.15) is 37.0 Å². The van der Waals surface area contributed by atoms with Crippen LogP contribution in [0.15, 0.2) is 18.5 Å². The molecule has 1 saturated heterocycles. The Balaban J connectivity index is 2.10. The van der Waals surface area contributed by atoms with E-state index in [9.17, 15) is 4.79 Å². The van der Waals surface area contributed by atoms with Gasteiger partial charge in [0.15, 0.2) is 0 Å². The van der Waals surface area contributed by atoms with Gasteiger partial charge in [-0.2, -0.15) is 0 Å². The summed E-state index contributed by atoms with van der Waals surface area (Å²) in [5, 5.41) is 3.21. The van der Waals surface area contributed by atoms with Crippen LogP contribution in [0, 0.1) is 0 Å². The highest BCUT2D eigenvalue weighted by Gasteiger charge is 2.23. The van der Waals surface area contributed by atoms with Gasteiger partial charge in [0.2, 0.25) is 0 Å². The average Bonchev–Trinajstić information content (AvgIpc) is 2.98. The number of aromatic nitrogens is 1. The molecule has 0 spiro atoms. The molecule has 2 rings (SSSR count). The van der Waals surface area contributed by atoms with E-state index in [2.05, 4.69) is 10.3 Å². The molecule has 1 aliphatic rings. The predicted molar refractivity (Wildman–Crippen MR) is 79.0 cm³/mol. The number of rotatable bonds is 6. The maximum atomic E-state index is 12.6. The molecule has 0 aromatic carbocycles. The van der Waals surface area contributed by atoms with Crippen LogP contribution < -0.4 is 5.32 Å². The second-order valence-electron chi connectivity index (χ2n) is 4.93. The summed E-state index contributed by atoms with van der Waals surface area (Å²) in [5.74, 6) is 0.0204. The van der Waals surface area contributed by atoms with Gasteiger partial charge in [0.25, 0.3) is 5.91 Å². The maximum Gasteiger partial charge on any atom is 0.257 e. The van der Waals surface area contributed by atoms with Crippen molar-refractivity contribution in [3.63, 3.8) is 0 Å². The van der Waals surface area contributed by atoms with Crippen molar-refractivity contribution < 1.29 is 9.53 Å². The highest BCUT2D eigenvalue weighted by molar-refractivity contribution is 5.99. The van der Waals surface area contributed by atoms with E-state index in [0.717, 1.165) is 31.7 Å². The normalized spacial score (nSPS) is 18.0. The molecular weight excluding hydrogens is 254 g/mol. The summed E-state index contributed by atoms with van der Waals surface area (Å²) >= 11 is 0. The van der Waals surface area contributed by atoms with Crippen LogP contribution >= 0.6 is 0 Å². The first-order valence-corrected chi connectivity index (χ1v) is 7.35. The Morgan fingerprint density at radius 2 is 2.40 bits per heavy atom. The first-order valence-electron chi connectivity index (χ1n) is 7.35. The zero-order valence-electron chi connectivity index (χ0n) is 12.3. The lowest BCUT2D eigenvalue weighted by atomic mass is 10.1. The third-order valence-electron chi connectivity index (χ3n) is 3.54. The van der Waals surface area contributed by atoms with Crippen molar-refractivity contribution in [3.05, 3.63) is 24.0 Å². The minimum Gasteiger partial charge on any atom is -0.385 e. The van der Waals surface area contributed by atoms with Crippen molar-refractivity contribution >= 4 is 11.6 Å². The van der Waals surface area contributed by atoms with E-state index >= 15 is 0 Å². The van der Waals surface area contributed by atoms with Crippen LogP contribution in [0.3, 0.4) is 0 Å². The monoisotopic (exact) mass is 277 g/mol. The predicted octanol–water partition coefficient (Wildman–Crippen LogP) is 2.15. The smallest absolute Gasteiger partial charge is 0.257 e. The quantitative estimate of drug-likeness (QED) is 0.865. The van der Waals surface area contributed by atoms with Crippen molar-refractivity contribution in [1.82, 2.24) is 9.88 Å². The number of hydrogen-bond acceptors (Lipinski definition) is 4. The first kappa shape index (κ1) is 14.8. The molecule has 1 aromatic rings. The molecule has 110 valence electrons. The van der Waals surface area contributed by atoms with Gasteiger partial charge in [0.1, 0.15) is 0 Å².